The van der Waals surface area contributed by atoms with Crippen LogP contribution in [0.15, 0.2) is 71.8 Å². The largest absolute Gasteiger partial charge is 0.497 e. The molecule has 2 amide bonds. The molecular formula is C24H18F3N5O3. The first-order valence-electron chi connectivity index (χ1n) is 10.2. The molecule has 0 spiro atoms. The lowest BCUT2D eigenvalue weighted by molar-refractivity contribution is -0.144. The molecule has 0 bridgehead atoms. The summed E-state index contributed by atoms with van der Waals surface area (Å²) in [6.45, 7) is 0. The Labute approximate surface area is 196 Å². The van der Waals surface area contributed by atoms with E-state index in [1.807, 2.05) is 0 Å². The van der Waals surface area contributed by atoms with Gasteiger partial charge in [0.2, 0.25) is 5.82 Å². The lowest BCUT2D eigenvalue weighted by Gasteiger charge is -2.06. The highest BCUT2D eigenvalue weighted by Crippen LogP contribution is 2.29. The highest BCUT2D eigenvalue weighted by Gasteiger charge is 2.34. The molecule has 0 saturated carbocycles. The summed E-state index contributed by atoms with van der Waals surface area (Å²) in [6, 6.07) is 17.1. The minimum absolute atomic E-state index is 0.125. The van der Waals surface area contributed by atoms with Gasteiger partial charge < -0.3 is 15.0 Å². The quantitative estimate of drug-likeness (QED) is 0.276. The molecule has 0 aliphatic heterocycles. The third kappa shape index (κ3) is 5.64. The van der Waals surface area contributed by atoms with Gasteiger partial charge >= 0.3 is 6.18 Å². The Hall–Kier alpha value is -4.67. The predicted octanol–water partition coefficient (Wildman–Crippen LogP) is 4.61. The van der Waals surface area contributed by atoms with Crippen LogP contribution in [0.4, 0.5) is 18.9 Å². The van der Waals surface area contributed by atoms with E-state index in [9.17, 15) is 22.8 Å². The van der Waals surface area contributed by atoms with Crippen molar-refractivity contribution in [1.82, 2.24) is 15.4 Å². The average molecular weight is 481 g/mol. The lowest BCUT2D eigenvalue weighted by atomic mass is 10.1. The molecule has 0 fully saturated rings. The fourth-order valence-corrected chi connectivity index (χ4v) is 3.15. The van der Waals surface area contributed by atoms with E-state index in [0.717, 1.165) is 5.56 Å². The number of hydrogen-bond donors (Lipinski definition) is 3. The normalized spacial score (nSPS) is 11.5. The Bertz CT molecular complexity index is 1410. The maximum atomic E-state index is 12.8. The van der Waals surface area contributed by atoms with E-state index >= 15 is 0 Å². The second-order valence-electron chi connectivity index (χ2n) is 7.32. The van der Waals surface area contributed by atoms with Crippen molar-refractivity contribution >= 4 is 34.7 Å². The van der Waals surface area contributed by atoms with Gasteiger partial charge in [0.1, 0.15) is 5.75 Å². The Morgan fingerprint density at radius 1 is 1.00 bits per heavy atom. The lowest BCUT2D eigenvalue weighted by Crippen LogP contribution is -2.18. The van der Waals surface area contributed by atoms with Gasteiger partial charge in [0.25, 0.3) is 11.8 Å². The highest BCUT2D eigenvalue weighted by atomic mass is 19.4. The van der Waals surface area contributed by atoms with Crippen molar-refractivity contribution in [3.05, 3.63) is 89.2 Å². The summed E-state index contributed by atoms with van der Waals surface area (Å²) in [5, 5.41) is 6.52. The Balaban J connectivity index is 1.38. The molecular weight excluding hydrogens is 463 g/mol. The standard InChI is InChI=1S/C24H18F3N5O3/c1-35-18-4-2-3-14(11-18)13-28-32-22(34)16-7-5-15(6-8-16)21(33)29-17-9-10-19-20(12-17)31-23(30-19)24(25,26)27/h2-13H,1H3,(H,29,33)(H,30,31)(H,32,34)/b28-13+. The number of hydrogen-bond acceptors (Lipinski definition) is 5. The first-order valence-corrected chi connectivity index (χ1v) is 10.2. The van der Waals surface area contributed by atoms with E-state index in [0.29, 0.717) is 5.75 Å². The molecule has 0 aliphatic rings. The van der Waals surface area contributed by atoms with Crippen molar-refractivity contribution < 1.29 is 27.5 Å². The van der Waals surface area contributed by atoms with Gasteiger partial charge in [-0.25, -0.2) is 10.4 Å². The van der Waals surface area contributed by atoms with Crippen LogP contribution in [0, 0.1) is 0 Å². The van der Waals surface area contributed by atoms with Gasteiger partial charge in [0.15, 0.2) is 0 Å². The number of anilines is 1. The number of nitrogens with one attached hydrogen (secondary N) is 3. The van der Waals surface area contributed by atoms with E-state index in [-0.39, 0.29) is 27.8 Å². The van der Waals surface area contributed by atoms with Crippen LogP contribution in [0.3, 0.4) is 0 Å². The van der Waals surface area contributed by atoms with Crippen LogP contribution in [0.25, 0.3) is 11.0 Å². The number of fused-ring (bicyclic) bond motifs is 1. The summed E-state index contributed by atoms with van der Waals surface area (Å²) < 4.78 is 43.6. The first kappa shape index (κ1) is 23.5. The van der Waals surface area contributed by atoms with Crippen molar-refractivity contribution in [2.75, 3.05) is 12.4 Å². The molecule has 35 heavy (non-hydrogen) atoms. The molecule has 11 heteroatoms. The number of H-pyrrole nitrogens is 1. The molecule has 0 unspecified atom stereocenters. The number of methoxy groups -OCH3 is 1. The van der Waals surface area contributed by atoms with Crippen LogP contribution in [0.1, 0.15) is 32.1 Å². The van der Waals surface area contributed by atoms with Gasteiger partial charge in [-0.05, 0) is 60.2 Å². The summed E-state index contributed by atoms with van der Waals surface area (Å²) in [7, 11) is 1.55. The first-order chi connectivity index (χ1) is 16.7. The smallest absolute Gasteiger partial charge is 0.449 e. The van der Waals surface area contributed by atoms with Crippen LogP contribution in [0.5, 0.6) is 5.75 Å². The number of amides is 2. The minimum atomic E-state index is -4.60. The van der Waals surface area contributed by atoms with Crippen molar-refractivity contribution in [3.63, 3.8) is 0 Å². The second kappa shape index (κ2) is 9.67. The fraction of sp³-hybridized carbons (Fsp3) is 0.0833. The third-order valence-corrected chi connectivity index (χ3v) is 4.89. The molecule has 1 aromatic heterocycles. The molecule has 4 aromatic rings. The molecule has 0 atom stereocenters. The molecule has 3 aromatic carbocycles. The molecule has 0 saturated heterocycles. The van der Waals surface area contributed by atoms with E-state index in [4.69, 9.17) is 4.74 Å². The number of nitrogens with zero attached hydrogens (tertiary/aromatic N) is 2. The second-order valence-corrected chi connectivity index (χ2v) is 7.32. The number of imidazole rings is 1. The Morgan fingerprint density at radius 3 is 2.40 bits per heavy atom. The van der Waals surface area contributed by atoms with Crippen molar-refractivity contribution in [2.24, 2.45) is 5.10 Å². The van der Waals surface area contributed by atoms with Crippen molar-refractivity contribution in [1.29, 1.82) is 0 Å². The van der Waals surface area contributed by atoms with Gasteiger partial charge in [0, 0.05) is 16.8 Å². The summed E-state index contributed by atoms with van der Waals surface area (Å²) in [4.78, 5) is 30.5. The van der Waals surface area contributed by atoms with Crippen LogP contribution in [-0.2, 0) is 6.18 Å². The number of ether oxygens (including phenoxy) is 1. The number of aromatic amines is 1. The van der Waals surface area contributed by atoms with E-state index in [2.05, 4.69) is 25.8 Å². The number of rotatable bonds is 6. The van der Waals surface area contributed by atoms with Gasteiger partial charge in [-0.15, -0.1) is 0 Å². The fourth-order valence-electron chi connectivity index (χ4n) is 3.15. The zero-order valence-corrected chi connectivity index (χ0v) is 18.2. The summed E-state index contributed by atoms with van der Waals surface area (Å²) in [6.07, 6.45) is -3.13. The number of carbonyl (C=O) groups is 2. The number of hydrazone groups is 1. The van der Waals surface area contributed by atoms with Gasteiger partial charge in [-0.3, -0.25) is 9.59 Å². The van der Waals surface area contributed by atoms with Gasteiger partial charge in [0.05, 0.1) is 24.4 Å². The monoisotopic (exact) mass is 481 g/mol. The zero-order chi connectivity index (χ0) is 25.0. The summed E-state index contributed by atoms with van der Waals surface area (Å²) >= 11 is 0. The maximum absolute atomic E-state index is 12.8. The van der Waals surface area contributed by atoms with Gasteiger partial charge in [-0.2, -0.15) is 18.3 Å². The Kier molecular flexibility index (Phi) is 6.49. The average Bonchev–Trinajstić information content (AvgIpc) is 3.28. The Morgan fingerprint density at radius 2 is 1.71 bits per heavy atom. The van der Waals surface area contributed by atoms with Crippen molar-refractivity contribution in [2.45, 2.75) is 6.18 Å². The number of benzene rings is 3. The van der Waals surface area contributed by atoms with Gasteiger partial charge in [-0.1, -0.05) is 12.1 Å². The predicted molar refractivity (Wildman–Crippen MR) is 124 cm³/mol. The third-order valence-electron chi connectivity index (χ3n) is 4.89. The number of carbonyl (C=O) groups excluding carboxylic acids is 2. The number of alkyl halides is 3. The maximum Gasteiger partial charge on any atom is 0.449 e. The van der Waals surface area contributed by atoms with E-state index < -0.39 is 23.8 Å². The van der Waals surface area contributed by atoms with Crippen LogP contribution in [-0.4, -0.2) is 35.1 Å². The van der Waals surface area contributed by atoms with Crippen LogP contribution >= 0.6 is 0 Å². The van der Waals surface area contributed by atoms with Crippen LogP contribution in [0.2, 0.25) is 0 Å². The van der Waals surface area contributed by atoms with E-state index in [1.54, 1.807) is 31.4 Å². The topological polar surface area (TPSA) is 108 Å². The van der Waals surface area contributed by atoms with Crippen LogP contribution < -0.4 is 15.5 Å². The molecule has 8 nitrogen and oxygen atoms in total. The zero-order valence-electron chi connectivity index (χ0n) is 18.2. The molecule has 1 heterocycles. The van der Waals surface area contributed by atoms with E-state index in [1.165, 1.54) is 48.7 Å². The molecule has 178 valence electrons. The number of aromatic nitrogens is 2. The number of halogens is 3. The minimum Gasteiger partial charge on any atom is -0.497 e. The molecule has 4 rings (SSSR count). The van der Waals surface area contributed by atoms with Crippen molar-refractivity contribution in [3.8, 4) is 5.75 Å². The molecule has 0 aliphatic carbocycles. The molecule has 3 N–H and O–H groups in total. The summed E-state index contributed by atoms with van der Waals surface area (Å²) in [5.41, 5.74) is 4.22. The SMILES string of the molecule is COc1cccc(/C=N/NC(=O)c2ccc(C(=O)Nc3ccc4nc(C(F)(F)F)[nH]c4c3)cc2)c1. The molecule has 0 radical (unpaired) electrons. The highest BCUT2D eigenvalue weighted by molar-refractivity contribution is 6.05. The summed E-state index contributed by atoms with van der Waals surface area (Å²) in [5.74, 6) is -1.42.